The topological polar surface area (TPSA) is 27.7 Å². The Balaban J connectivity index is 5.54. The first-order valence-electron chi connectivity index (χ1n) is 15.9. The molecule has 0 rings (SSSR count). The Bertz CT molecular complexity index is 447. The van der Waals surface area contributed by atoms with Gasteiger partial charge in [-0.25, -0.2) is 0 Å². The lowest BCUT2D eigenvalue weighted by atomic mass is 9.94. The molecule has 0 saturated heterocycles. The maximum Gasteiger partial charge on any atom is 0.529 e. The van der Waals surface area contributed by atoms with E-state index in [9.17, 15) is 0 Å². The summed E-state index contributed by atoms with van der Waals surface area (Å²) < 4.78 is 20.4. The van der Waals surface area contributed by atoms with Crippen LogP contribution < -0.4 is 0 Å². The third kappa shape index (κ3) is 15.9. The van der Waals surface area contributed by atoms with Crippen molar-refractivity contribution in [2.24, 2.45) is 17.8 Å². The highest BCUT2D eigenvalue weighted by Crippen LogP contribution is 2.29. The number of hydrogen-bond acceptors (Lipinski definition) is 3. The maximum absolute atomic E-state index is 6.81. The minimum atomic E-state index is -3.03. The monoisotopic (exact) mass is 526 g/mol. The molecule has 0 fully saturated rings. The predicted molar refractivity (Wildman–Crippen MR) is 161 cm³/mol. The van der Waals surface area contributed by atoms with E-state index >= 15 is 0 Å². The Morgan fingerprint density at radius 3 is 1.03 bits per heavy atom. The second-order valence-electron chi connectivity index (χ2n) is 11.5. The van der Waals surface area contributed by atoms with Crippen LogP contribution in [0.3, 0.4) is 0 Å². The van der Waals surface area contributed by atoms with E-state index in [1.807, 2.05) is 5.70 Å². The van der Waals surface area contributed by atoms with Crippen LogP contribution in [0.2, 0.25) is 0 Å². The molecule has 0 aliphatic heterocycles. The number of hydrogen-bond donors (Lipinski definition) is 0. The zero-order valence-corrected chi connectivity index (χ0v) is 27.1. The van der Waals surface area contributed by atoms with E-state index in [2.05, 4.69) is 68.9 Å². The third-order valence-electron chi connectivity index (χ3n) is 7.97. The van der Waals surface area contributed by atoms with Gasteiger partial charge in [-0.15, -0.1) is 0 Å². The summed E-state index contributed by atoms with van der Waals surface area (Å²) in [4.78, 5) is 0. The van der Waals surface area contributed by atoms with E-state index in [-0.39, 0.29) is 18.3 Å². The van der Waals surface area contributed by atoms with Crippen molar-refractivity contribution in [2.75, 3.05) is 0 Å². The van der Waals surface area contributed by atoms with Crippen LogP contribution in [0, 0.1) is 17.8 Å². The average molecular weight is 527 g/mol. The predicted octanol–water partition coefficient (Wildman–Crippen LogP) is 10.7. The maximum atomic E-state index is 6.81. The first-order chi connectivity index (χ1) is 17.2. The van der Waals surface area contributed by atoms with Gasteiger partial charge in [0.05, 0.1) is 0 Å². The lowest BCUT2D eigenvalue weighted by Crippen LogP contribution is -2.51. The molecule has 4 heteroatoms. The Kier molecular flexibility index (Phi) is 21.6. The van der Waals surface area contributed by atoms with Crippen LogP contribution in [0.1, 0.15) is 159 Å². The Morgan fingerprint density at radius 2 is 0.833 bits per heavy atom. The van der Waals surface area contributed by atoms with Crippen LogP contribution in [-0.2, 0) is 13.3 Å². The molecule has 0 spiro atoms. The fourth-order valence-electron chi connectivity index (χ4n) is 5.57. The van der Waals surface area contributed by atoms with E-state index in [0.717, 1.165) is 19.3 Å². The molecule has 0 aromatic rings. The minimum Gasteiger partial charge on any atom is -0.368 e. The molecule has 0 bridgehead atoms. The quantitative estimate of drug-likeness (QED) is 0.111. The summed E-state index contributed by atoms with van der Waals surface area (Å²) >= 11 is 0. The Labute approximate surface area is 228 Å². The first kappa shape index (κ1) is 35.8. The van der Waals surface area contributed by atoms with E-state index < -0.39 is 8.80 Å². The van der Waals surface area contributed by atoms with Gasteiger partial charge in [-0.2, -0.15) is 0 Å². The van der Waals surface area contributed by atoms with Gasteiger partial charge in [-0.3, -0.25) is 0 Å². The summed E-state index contributed by atoms with van der Waals surface area (Å²) in [5, 5.41) is 0. The molecule has 0 amide bonds. The third-order valence-corrected chi connectivity index (χ3v) is 10.7. The van der Waals surface area contributed by atoms with E-state index in [1.165, 1.54) is 77.0 Å². The van der Waals surface area contributed by atoms with Crippen LogP contribution in [-0.4, -0.2) is 27.1 Å². The molecule has 0 aliphatic rings. The summed E-state index contributed by atoms with van der Waals surface area (Å²) in [5.74, 6) is 2.09. The first-order valence-corrected chi connectivity index (χ1v) is 17.7. The molecule has 0 heterocycles. The fraction of sp³-hybridized carbons (Fsp3) is 0.938. The highest BCUT2D eigenvalue weighted by Gasteiger charge is 2.43. The fourth-order valence-corrected chi connectivity index (χ4v) is 7.99. The molecule has 216 valence electrons. The van der Waals surface area contributed by atoms with Crippen molar-refractivity contribution >= 4 is 8.80 Å². The molecular weight excluding hydrogens is 460 g/mol. The van der Waals surface area contributed by atoms with Gasteiger partial charge >= 0.3 is 8.80 Å². The van der Waals surface area contributed by atoms with Gasteiger partial charge in [0.15, 0.2) is 0 Å². The van der Waals surface area contributed by atoms with Crippen molar-refractivity contribution < 1.29 is 13.3 Å². The summed E-state index contributed by atoms with van der Waals surface area (Å²) in [7, 11) is -3.03. The summed E-state index contributed by atoms with van der Waals surface area (Å²) in [5.41, 5.74) is 1.92. The lowest BCUT2D eigenvalue weighted by molar-refractivity contribution is -0.0141. The van der Waals surface area contributed by atoms with Gasteiger partial charge in [0.25, 0.3) is 0 Å². The van der Waals surface area contributed by atoms with Crippen molar-refractivity contribution in [3.8, 4) is 0 Å². The summed E-state index contributed by atoms with van der Waals surface area (Å²) in [6, 6.07) is 0. The second kappa shape index (κ2) is 21.7. The van der Waals surface area contributed by atoms with Crippen molar-refractivity contribution in [1.82, 2.24) is 0 Å². The second-order valence-corrected chi connectivity index (χ2v) is 13.9. The lowest BCUT2D eigenvalue weighted by Gasteiger charge is -2.36. The summed E-state index contributed by atoms with van der Waals surface area (Å²) in [6.07, 6.45) is 18.6. The van der Waals surface area contributed by atoms with E-state index in [0.29, 0.717) is 17.8 Å². The molecule has 0 saturated carbocycles. The van der Waals surface area contributed by atoms with E-state index in [4.69, 9.17) is 13.3 Å². The molecule has 3 nitrogen and oxygen atoms in total. The van der Waals surface area contributed by atoms with Crippen molar-refractivity contribution in [3.05, 3.63) is 12.3 Å². The Morgan fingerprint density at radius 1 is 0.556 bits per heavy atom. The van der Waals surface area contributed by atoms with Gasteiger partial charge in [-0.05, 0) is 63.5 Å². The standard InChI is InChI=1S/C32H66O3Si/c1-11-18-21-30(14-4)24-27(8)33-36(17-7,34-28(9)25-31(15-5)22-19-12-2)35-29(10)26-32(16-6)23-20-13-3/h17,27-32H,7,11-16,18-26H2,1-6,8-10H3. The SMILES string of the molecule is C=C[Si](OC(C)CC(CC)CCCC)(OC(C)CC(CC)CCCC)OC(C)CC(CC)CCCC. The normalized spacial score (nSPS) is 18.7. The van der Waals surface area contributed by atoms with Crippen LogP contribution in [0.5, 0.6) is 0 Å². The largest absolute Gasteiger partial charge is 0.529 e. The number of rotatable bonds is 25. The van der Waals surface area contributed by atoms with Crippen LogP contribution in [0.15, 0.2) is 12.3 Å². The molecular formula is C32H66O3Si. The highest BCUT2D eigenvalue weighted by molar-refractivity contribution is 6.66. The minimum absolute atomic E-state index is 0.111. The van der Waals surface area contributed by atoms with Crippen LogP contribution >= 0.6 is 0 Å². The zero-order chi connectivity index (χ0) is 27.4. The van der Waals surface area contributed by atoms with Gasteiger partial charge in [-0.1, -0.05) is 125 Å². The van der Waals surface area contributed by atoms with Gasteiger partial charge in [0.1, 0.15) is 0 Å². The van der Waals surface area contributed by atoms with Crippen LogP contribution in [0.25, 0.3) is 0 Å². The smallest absolute Gasteiger partial charge is 0.368 e. The Hall–Kier alpha value is -0.163. The number of unbranched alkanes of at least 4 members (excludes halogenated alkanes) is 3. The highest BCUT2D eigenvalue weighted by atomic mass is 28.4. The molecule has 0 N–H and O–H groups in total. The average Bonchev–Trinajstić information content (AvgIpc) is 2.86. The summed E-state index contributed by atoms with van der Waals surface area (Å²) in [6.45, 7) is 24.6. The molecule has 0 aromatic heterocycles. The van der Waals surface area contributed by atoms with Gasteiger partial charge < -0.3 is 13.3 Å². The van der Waals surface area contributed by atoms with Gasteiger partial charge in [0.2, 0.25) is 0 Å². The molecule has 0 aromatic carbocycles. The molecule has 0 aliphatic carbocycles. The molecule has 6 unspecified atom stereocenters. The van der Waals surface area contributed by atoms with Crippen molar-refractivity contribution in [1.29, 1.82) is 0 Å². The van der Waals surface area contributed by atoms with Crippen LogP contribution in [0.4, 0.5) is 0 Å². The van der Waals surface area contributed by atoms with Crippen molar-refractivity contribution in [2.45, 2.75) is 177 Å². The van der Waals surface area contributed by atoms with Gasteiger partial charge in [0, 0.05) is 18.3 Å². The zero-order valence-electron chi connectivity index (χ0n) is 26.1. The van der Waals surface area contributed by atoms with E-state index in [1.54, 1.807) is 0 Å². The molecule has 36 heavy (non-hydrogen) atoms. The molecule has 0 radical (unpaired) electrons. The van der Waals surface area contributed by atoms with Crippen molar-refractivity contribution in [3.63, 3.8) is 0 Å². The molecule has 6 atom stereocenters.